The summed E-state index contributed by atoms with van der Waals surface area (Å²) in [6, 6.07) is 8.39. The topological polar surface area (TPSA) is 44.8 Å². The van der Waals surface area contributed by atoms with E-state index >= 15 is 0 Å². The Labute approximate surface area is 146 Å². The van der Waals surface area contributed by atoms with Crippen LogP contribution in [0.15, 0.2) is 24.3 Å². The summed E-state index contributed by atoms with van der Waals surface area (Å²) in [5.41, 5.74) is 2.39. The fourth-order valence-corrected chi connectivity index (χ4v) is 2.88. The van der Waals surface area contributed by atoms with Gasteiger partial charge in [0, 0.05) is 52.4 Å². The number of carbonyl (C=O) groups is 1. The molecule has 1 fully saturated rings. The number of amides is 1. The molecule has 0 saturated carbocycles. The van der Waals surface area contributed by atoms with Crippen molar-refractivity contribution in [3.63, 3.8) is 0 Å². The molecule has 134 valence electrons. The van der Waals surface area contributed by atoms with Crippen molar-refractivity contribution in [2.24, 2.45) is 5.92 Å². The minimum atomic E-state index is 0.139. The second-order valence-electron chi connectivity index (χ2n) is 6.88. The van der Waals surface area contributed by atoms with Crippen LogP contribution in [-0.2, 0) is 16.0 Å². The van der Waals surface area contributed by atoms with Gasteiger partial charge in [-0.15, -0.1) is 0 Å². The van der Waals surface area contributed by atoms with Gasteiger partial charge in [-0.25, -0.2) is 0 Å². The van der Waals surface area contributed by atoms with Gasteiger partial charge in [0.05, 0.1) is 13.2 Å². The summed E-state index contributed by atoms with van der Waals surface area (Å²) in [6.45, 7) is 7.61. The van der Waals surface area contributed by atoms with Crippen LogP contribution in [0.3, 0.4) is 0 Å². The van der Waals surface area contributed by atoms with Crippen molar-refractivity contribution >= 4 is 11.6 Å². The number of rotatable bonds is 8. The molecule has 1 aliphatic rings. The Bertz CT molecular complexity index is 496. The van der Waals surface area contributed by atoms with Crippen molar-refractivity contribution in [2.75, 3.05) is 58.4 Å². The van der Waals surface area contributed by atoms with Gasteiger partial charge >= 0.3 is 0 Å². The second-order valence-corrected chi connectivity index (χ2v) is 6.88. The van der Waals surface area contributed by atoms with Crippen LogP contribution in [0.4, 0.5) is 5.69 Å². The molecule has 1 aromatic rings. The number of aryl methyl sites for hydroxylation is 1. The standard InChI is InChI=1S/C19H31N3O2/c1-16(15-22-10-12-24-13-11-22)14-20-19(23)9-6-17-4-7-18(8-5-17)21(2)3/h4-5,7-8,16H,6,9-15H2,1-3H3,(H,20,23). The molecule has 1 aromatic carbocycles. The summed E-state index contributed by atoms with van der Waals surface area (Å²) in [5, 5.41) is 3.07. The van der Waals surface area contributed by atoms with Crippen LogP contribution in [0.2, 0.25) is 0 Å². The van der Waals surface area contributed by atoms with E-state index in [1.54, 1.807) is 0 Å². The van der Waals surface area contributed by atoms with Crippen molar-refractivity contribution in [1.29, 1.82) is 0 Å². The van der Waals surface area contributed by atoms with E-state index in [1.165, 1.54) is 11.3 Å². The first-order valence-corrected chi connectivity index (χ1v) is 8.87. The molecule has 0 aromatic heterocycles. The molecule has 1 amide bonds. The van der Waals surface area contributed by atoms with E-state index in [0.717, 1.165) is 45.8 Å². The number of nitrogens with zero attached hydrogens (tertiary/aromatic N) is 2. The van der Waals surface area contributed by atoms with Gasteiger partial charge in [-0.3, -0.25) is 9.69 Å². The van der Waals surface area contributed by atoms with Gasteiger partial charge < -0.3 is 15.0 Å². The maximum Gasteiger partial charge on any atom is 0.220 e. The zero-order valence-corrected chi connectivity index (χ0v) is 15.3. The summed E-state index contributed by atoms with van der Waals surface area (Å²) in [6.07, 6.45) is 1.34. The van der Waals surface area contributed by atoms with Gasteiger partial charge in [0.2, 0.25) is 5.91 Å². The van der Waals surface area contributed by atoms with E-state index in [-0.39, 0.29) is 5.91 Å². The lowest BCUT2D eigenvalue weighted by atomic mass is 10.1. The van der Waals surface area contributed by atoms with Crippen molar-refractivity contribution in [1.82, 2.24) is 10.2 Å². The summed E-state index contributed by atoms with van der Waals surface area (Å²) >= 11 is 0. The first-order chi connectivity index (χ1) is 11.5. The minimum Gasteiger partial charge on any atom is -0.379 e. The lowest BCUT2D eigenvalue weighted by Gasteiger charge is -2.29. The van der Waals surface area contributed by atoms with Crippen molar-refractivity contribution in [3.8, 4) is 0 Å². The number of morpholine rings is 1. The highest BCUT2D eigenvalue weighted by Crippen LogP contribution is 2.13. The smallest absolute Gasteiger partial charge is 0.220 e. The van der Waals surface area contributed by atoms with E-state index < -0.39 is 0 Å². The Hall–Kier alpha value is -1.59. The predicted octanol–water partition coefficient (Wildman–Crippen LogP) is 1.77. The lowest BCUT2D eigenvalue weighted by Crippen LogP contribution is -2.41. The van der Waals surface area contributed by atoms with Gasteiger partial charge in [-0.05, 0) is 30.0 Å². The number of nitrogens with one attached hydrogen (secondary N) is 1. The molecule has 5 nitrogen and oxygen atoms in total. The molecule has 24 heavy (non-hydrogen) atoms. The third kappa shape index (κ3) is 6.49. The Kier molecular flexibility index (Phi) is 7.53. The zero-order valence-electron chi connectivity index (χ0n) is 15.3. The molecule has 0 radical (unpaired) electrons. The van der Waals surface area contributed by atoms with Crippen LogP contribution in [-0.4, -0.2) is 64.3 Å². The zero-order chi connectivity index (χ0) is 17.4. The van der Waals surface area contributed by atoms with Gasteiger partial charge in [-0.1, -0.05) is 19.1 Å². The fourth-order valence-electron chi connectivity index (χ4n) is 2.88. The van der Waals surface area contributed by atoms with Gasteiger partial charge in [0.15, 0.2) is 0 Å². The average molecular weight is 333 g/mol. The Morgan fingerprint density at radius 2 is 1.92 bits per heavy atom. The Morgan fingerprint density at radius 3 is 2.54 bits per heavy atom. The highest BCUT2D eigenvalue weighted by atomic mass is 16.5. The summed E-state index contributed by atoms with van der Waals surface area (Å²) in [7, 11) is 4.06. The molecule has 1 aliphatic heterocycles. The van der Waals surface area contributed by atoms with Gasteiger partial charge in [0.1, 0.15) is 0 Å². The second kappa shape index (κ2) is 9.64. The number of hydrogen-bond acceptors (Lipinski definition) is 4. The third-order valence-corrected chi connectivity index (χ3v) is 4.41. The van der Waals surface area contributed by atoms with Crippen molar-refractivity contribution in [2.45, 2.75) is 19.8 Å². The highest BCUT2D eigenvalue weighted by molar-refractivity contribution is 5.76. The molecular weight excluding hydrogens is 302 g/mol. The molecule has 5 heteroatoms. The van der Waals surface area contributed by atoms with Crippen LogP contribution in [0.5, 0.6) is 0 Å². The normalized spacial score (nSPS) is 16.6. The maximum absolute atomic E-state index is 12.0. The molecule has 1 saturated heterocycles. The van der Waals surface area contributed by atoms with E-state index in [4.69, 9.17) is 4.74 Å². The molecule has 0 aliphatic carbocycles. The highest BCUT2D eigenvalue weighted by Gasteiger charge is 2.14. The van der Waals surface area contributed by atoms with E-state index in [0.29, 0.717) is 12.3 Å². The number of carbonyl (C=O) groups excluding carboxylic acids is 1. The molecule has 2 rings (SSSR count). The summed E-state index contributed by atoms with van der Waals surface area (Å²) in [5.74, 6) is 0.604. The van der Waals surface area contributed by atoms with Crippen LogP contribution >= 0.6 is 0 Å². The number of benzene rings is 1. The largest absolute Gasteiger partial charge is 0.379 e. The van der Waals surface area contributed by atoms with Gasteiger partial charge in [-0.2, -0.15) is 0 Å². The maximum atomic E-state index is 12.0. The van der Waals surface area contributed by atoms with Gasteiger partial charge in [0.25, 0.3) is 0 Å². The first-order valence-electron chi connectivity index (χ1n) is 8.87. The molecule has 1 atom stereocenters. The lowest BCUT2D eigenvalue weighted by molar-refractivity contribution is -0.121. The van der Waals surface area contributed by atoms with Crippen LogP contribution in [0, 0.1) is 5.92 Å². The average Bonchev–Trinajstić information content (AvgIpc) is 2.59. The number of ether oxygens (including phenoxy) is 1. The quantitative estimate of drug-likeness (QED) is 0.787. The third-order valence-electron chi connectivity index (χ3n) is 4.41. The molecule has 1 heterocycles. The Balaban J connectivity index is 1.63. The summed E-state index contributed by atoms with van der Waals surface area (Å²) < 4.78 is 5.36. The molecule has 1 N–H and O–H groups in total. The SMILES string of the molecule is CC(CNC(=O)CCc1ccc(N(C)C)cc1)CN1CCOCC1. The first kappa shape index (κ1) is 18.7. The van der Waals surface area contributed by atoms with Crippen molar-refractivity contribution in [3.05, 3.63) is 29.8 Å². The van der Waals surface area contributed by atoms with E-state index in [9.17, 15) is 4.79 Å². The van der Waals surface area contributed by atoms with E-state index in [2.05, 4.69) is 46.3 Å². The molecule has 0 spiro atoms. The number of anilines is 1. The summed E-state index contributed by atoms with van der Waals surface area (Å²) in [4.78, 5) is 16.5. The minimum absolute atomic E-state index is 0.139. The van der Waals surface area contributed by atoms with E-state index in [1.807, 2.05) is 14.1 Å². The van der Waals surface area contributed by atoms with Crippen LogP contribution < -0.4 is 10.2 Å². The van der Waals surface area contributed by atoms with Crippen LogP contribution in [0.1, 0.15) is 18.9 Å². The predicted molar refractivity (Wildman–Crippen MR) is 98.5 cm³/mol. The molecular formula is C19H31N3O2. The monoisotopic (exact) mass is 333 g/mol. The molecule has 1 unspecified atom stereocenters. The number of hydrogen-bond donors (Lipinski definition) is 1. The van der Waals surface area contributed by atoms with Crippen molar-refractivity contribution < 1.29 is 9.53 Å². The Morgan fingerprint density at radius 1 is 1.25 bits per heavy atom. The van der Waals surface area contributed by atoms with Crippen LogP contribution in [0.25, 0.3) is 0 Å². The molecule has 0 bridgehead atoms. The fraction of sp³-hybridized carbons (Fsp3) is 0.632.